The number of ether oxygens (including phenoxy) is 1. The summed E-state index contributed by atoms with van der Waals surface area (Å²) in [5, 5.41) is 13.4. The van der Waals surface area contributed by atoms with E-state index < -0.39 is 4.92 Å². The van der Waals surface area contributed by atoms with Crippen molar-refractivity contribution in [2.24, 2.45) is 0 Å². The molecule has 2 rings (SSSR count). The maximum absolute atomic E-state index is 12.3. The van der Waals surface area contributed by atoms with Crippen LogP contribution in [0.5, 0.6) is 0 Å². The lowest BCUT2D eigenvalue weighted by molar-refractivity contribution is -0.384. The molecule has 1 aliphatic heterocycles. The van der Waals surface area contributed by atoms with Crippen molar-refractivity contribution in [2.45, 2.75) is 39.0 Å². The Morgan fingerprint density at radius 2 is 1.86 bits per heavy atom. The third-order valence-electron chi connectivity index (χ3n) is 3.72. The molecule has 1 heterocycles. The molecule has 1 N–H and O–H groups in total. The van der Waals surface area contributed by atoms with Gasteiger partial charge < -0.3 is 10.1 Å². The predicted octanol–water partition coefficient (Wildman–Crippen LogP) is 2.03. The van der Waals surface area contributed by atoms with Crippen molar-refractivity contribution >= 4 is 17.3 Å². The number of nitro groups is 1. The van der Waals surface area contributed by atoms with Gasteiger partial charge in [-0.1, -0.05) is 0 Å². The first-order valence-electron chi connectivity index (χ1n) is 7.31. The van der Waals surface area contributed by atoms with E-state index in [0.29, 0.717) is 18.8 Å². The van der Waals surface area contributed by atoms with Crippen LogP contribution in [0.25, 0.3) is 0 Å². The Bertz CT molecular complexity index is 536. The highest BCUT2D eigenvalue weighted by Crippen LogP contribution is 2.17. The molecule has 1 aliphatic rings. The number of amides is 1. The summed E-state index contributed by atoms with van der Waals surface area (Å²) in [4.78, 5) is 24.5. The van der Waals surface area contributed by atoms with Crippen LogP contribution in [0, 0.1) is 10.1 Å². The normalized spacial score (nSPS) is 23.8. The first-order valence-corrected chi connectivity index (χ1v) is 7.31. The molecule has 1 saturated heterocycles. The van der Waals surface area contributed by atoms with Gasteiger partial charge in [0, 0.05) is 30.9 Å². The second kappa shape index (κ2) is 6.85. The lowest BCUT2D eigenvalue weighted by Gasteiger charge is -2.38. The van der Waals surface area contributed by atoms with Gasteiger partial charge in [0.2, 0.25) is 5.91 Å². The van der Waals surface area contributed by atoms with Gasteiger partial charge >= 0.3 is 0 Å². The number of hydrogen-bond acceptors (Lipinski definition) is 5. The molecule has 0 aliphatic carbocycles. The minimum atomic E-state index is -0.468. The summed E-state index contributed by atoms with van der Waals surface area (Å²) in [5.74, 6) is -0.129. The van der Waals surface area contributed by atoms with Crippen LogP contribution < -0.4 is 5.32 Å². The van der Waals surface area contributed by atoms with Gasteiger partial charge in [0.1, 0.15) is 0 Å². The fourth-order valence-corrected chi connectivity index (χ4v) is 2.61. The highest BCUT2D eigenvalue weighted by Gasteiger charge is 2.29. The lowest BCUT2D eigenvalue weighted by atomic mass is 10.1. The predicted molar refractivity (Wildman–Crippen MR) is 82.8 cm³/mol. The Balaban J connectivity index is 1.97. The topological polar surface area (TPSA) is 84.7 Å². The van der Waals surface area contributed by atoms with E-state index in [9.17, 15) is 14.9 Å². The first-order chi connectivity index (χ1) is 10.4. The Morgan fingerprint density at radius 3 is 2.36 bits per heavy atom. The number of anilines is 1. The number of morpholine rings is 1. The van der Waals surface area contributed by atoms with Crippen LogP contribution in [-0.2, 0) is 9.53 Å². The molecule has 1 aromatic rings. The van der Waals surface area contributed by atoms with Crippen LogP contribution in [0.15, 0.2) is 24.3 Å². The van der Waals surface area contributed by atoms with E-state index in [-0.39, 0.29) is 29.8 Å². The number of nitrogens with zero attached hydrogens (tertiary/aromatic N) is 2. The summed E-state index contributed by atoms with van der Waals surface area (Å²) in [6, 6.07) is 5.53. The summed E-state index contributed by atoms with van der Waals surface area (Å²) in [5.41, 5.74) is 0.554. The molecule has 7 nitrogen and oxygen atoms in total. The van der Waals surface area contributed by atoms with Crippen molar-refractivity contribution in [1.29, 1.82) is 0 Å². The van der Waals surface area contributed by atoms with Gasteiger partial charge in [-0.3, -0.25) is 19.8 Å². The van der Waals surface area contributed by atoms with Gasteiger partial charge in [-0.15, -0.1) is 0 Å². The average molecular weight is 307 g/mol. The number of rotatable bonds is 4. The van der Waals surface area contributed by atoms with Gasteiger partial charge in [-0.25, -0.2) is 0 Å². The second-order valence-electron chi connectivity index (χ2n) is 5.68. The number of hydrogen-bond donors (Lipinski definition) is 1. The standard InChI is InChI=1S/C15H21N3O4/c1-10-8-17(9-11(2)22-10)12(3)15(19)16-13-4-6-14(7-5-13)18(20)21/h4-7,10-12H,8-9H2,1-3H3,(H,16,19)/t10-,11+,12-/m1/s1. The molecule has 120 valence electrons. The van der Waals surface area contributed by atoms with Gasteiger partial charge in [0.25, 0.3) is 5.69 Å². The van der Waals surface area contributed by atoms with Crippen LogP contribution >= 0.6 is 0 Å². The fourth-order valence-electron chi connectivity index (χ4n) is 2.61. The van der Waals surface area contributed by atoms with E-state index in [0.717, 1.165) is 0 Å². The molecule has 1 fully saturated rings. The number of nitro benzene ring substituents is 1. The first kappa shape index (κ1) is 16.4. The maximum Gasteiger partial charge on any atom is 0.269 e. The highest BCUT2D eigenvalue weighted by atomic mass is 16.6. The zero-order valence-electron chi connectivity index (χ0n) is 13.0. The Hall–Kier alpha value is -1.99. The van der Waals surface area contributed by atoms with Gasteiger partial charge in [0.05, 0.1) is 23.2 Å². The zero-order chi connectivity index (χ0) is 16.3. The molecular formula is C15H21N3O4. The molecule has 0 aromatic heterocycles. The number of nitrogens with one attached hydrogen (secondary N) is 1. The molecule has 3 atom stereocenters. The Labute approximate surface area is 129 Å². The maximum atomic E-state index is 12.3. The molecule has 22 heavy (non-hydrogen) atoms. The monoisotopic (exact) mass is 307 g/mol. The van der Waals surface area contributed by atoms with Crippen molar-refractivity contribution in [1.82, 2.24) is 4.90 Å². The summed E-state index contributed by atoms with van der Waals surface area (Å²) in [7, 11) is 0. The van der Waals surface area contributed by atoms with Crippen molar-refractivity contribution in [2.75, 3.05) is 18.4 Å². The van der Waals surface area contributed by atoms with Crippen molar-refractivity contribution in [3.63, 3.8) is 0 Å². The van der Waals surface area contributed by atoms with Crippen LogP contribution in [0.3, 0.4) is 0 Å². The molecule has 1 amide bonds. The third-order valence-corrected chi connectivity index (χ3v) is 3.72. The third kappa shape index (κ3) is 4.02. The van der Waals surface area contributed by atoms with E-state index in [4.69, 9.17) is 4.74 Å². The average Bonchev–Trinajstić information content (AvgIpc) is 2.46. The smallest absolute Gasteiger partial charge is 0.269 e. The van der Waals surface area contributed by atoms with E-state index in [1.807, 2.05) is 20.8 Å². The summed E-state index contributed by atoms with van der Waals surface area (Å²) >= 11 is 0. The summed E-state index contributed by atoms with van der Waals surface area (Å²) in [6.45, 7) is 7.25. The Morgan fingerprint density at radius 1 is 1.32 bits per heavy atom. The molecule has 1 aromatic carbocycles. The number of benzene rings is 1. The SMILES string of the molecule is C[C@@H]1CN([C@H](C)C(=O)Nc2ccc([N+](=O)[O-])cc2)C[C@H](C)O1. The van der Waals surface area contributed by atoms with Crippen LogP contribution in [0.4, 0.5) is 11.4 Å². The number of carbonyl (C=O) groups excluding carboxylic acids is 1. The minimum absolute atomic E-state index is 0.00174. The fraction of sp³-hybridized carbons (Fsp3) is 0.533. The van der Waals surface area contributed by atoms with Crippen LogP contribution in [-0.4, -0.2) is 47.1 Å². The number of carbonyl (C=O) groups is 1. The second-order valence-corrected chi connectivity index (χ2v) is 5.68. The quantitative estimate of drug-likeness (QED) is 0.679. The van der Waals surface area contributed by atoms with E-state index >= 15 is 0 Å². The molecular weight excluding hydrogens is 286 g/mol. The Kier molecular flexibility index (Phi) is 5.10. The molecule has 0 spiro atoms. The van der Waals surface area contributed by atoms with Gasteiger partial charge in [-0.05, 0) is 32.9 Å². The zero-order valence-corrected chi connectivity index (χ0v) is 13.0. The van der Waals surface area contributed by atoms with Crippen molar-refractivity contribution in [3.05, 3.63) is 34.4 Å². The molecule has 0 unspecified atom stereocenters. The van der Waals surface area contributed by atoms with Gasteiger partial charge in [0.15, 0.2) is 0 Å². The van der Waals surface area contributed by atoms with E-state index in [1.165, 1.54) is 24.3 Å². The largest absolute Gasteiger partial charge is 0.373 e. The van der Waals surface area contributed by atoms with Crippen LogP contribution in [0.1, 0.15) is 20.8 Å². The highest BCUT2D eigenvalue weighted by molar-refractivity contribution is 5.94. The summed E-state index contributed by atoms with van der Waals surface area (Å²) < 4.78 is 5.66. The summed E-state index contributed by atoms with van der Waals surface area (Å²) in [6.07, 6.45) is 0.191. The van der Waals surface area contributed by atoms with Crippen LogP contribution in [0.2, 0.25) is 0 Å². The molecule has 0 bridgehead atoms. The van der Waals surface area contributed by atoms with Crippen molar-refractivity contribution < 1.29 is 14.5 Å². The van der Waals surface area contributed by atoms with E-state index in [1.54, 1.807) is 0 Å². The molecule has 0 saturated carbocycles. The molecule has 7 heteroatoms. The van der Waals surface area contributed by atoms with Gasteiger partial charge in [-0.2, -0.15) is 0 Å². The number of non-ortho nitro benzene ring substituents is 1. The lowest BCUT2D eigenvalue weighted by Crippen LogP contribution is -2.52. The minimum Gasteiger partial charge on any atom is -0.373 e. The van der Waals surface area contributed by atoms with E-state index in [2.05, 4.69) is 10.2 Å². The molecule has 0 radical (unpaired) electrons. The van der Waals surface area contributed by atoms with Crippen molar-refractivity contribution in [3.8, 4) is 0 Å².